The van der Waals surface area contributed by atoms with Crippen LogP contribution in [0.5, 0.6) is 0 Å². The van der Waals surface area contributed by atoms with Gasteiger partial charge in [-0.3, -0.25) is 0 Å². The quantitative estimate of drug-likeness (QED) is 0.616. The van der Waals surface area contributed by atoms with Crippen LogP contribution in [-0.2, 0) is 6.42 Å². The first-order chi connectivity index (χ1) is 7.74. The lowest BCUT2D eigenvalue weighted by atomic mass is 9.90. The Kier molecular flexibility index (Phi) is 5.04. The minimum atomic E-state index is 1.18. The van der Waals surface area contributed by atoms with Crippen molar-refractivity contribution in [3.63, 3.8) is 0 Å². The first kappa shape index (κ1) is 12.8. The van der Waals surface area contributed by atoms with Gasteiger partial charge in [-0.1, -0.05) is 57.2 Å². The van der Waals surface area contributed by atoms with Gasteiger partial charge in [0.05, 0.1) is 0 Å². The lowest BCUT2D eigenvalue weighted by Crippen LogP contribution is -1.98. The molecule has 0 radical (unpaired) electrons. The first-order valence-corrected chi connectivity index (χ1v) is 6.16. The van der Waals surface area contributed by atoms with Crippen molar-refractivity contribution in [2.75, 3.05) is 0 Å². The molecule has 0 amide bonds. The van der Waals surface area contributed by atoms with E-state index in [4.69, 9.17) is 0 Å². The lowest BCUT2D eigenvalue weighted by molar-refractivity contribution is 0.970. The number of fused-ring (bicyclic) bond motifs is 1. The molecule has 2 rings (SSSR count). The highest BCUT2D eigenvalue weighted by molar-refractivity contribution is 5.64. The Balaban J connectivity index is 0.000000386. The average Bonchev–Trinajstić information content (AvgIpc) is 2.31. The molecular weight excluding hydrogens is 192 g/mol. The zero-order chi connectivity index (χ0) is 12.0. The fourth-order valence-corrected chi connectivity index (χ4v) is 1.94. The van der Waals surface area contributed by atoms with Crippen LogP contribution in [0.1, 0.15) is 48.9 Å². The van der Waals surface area contributed by atoms with E-state index in [-0.39, 0.29) is 0 Å². The normalized spacial score (nSPS) is 12.4. The van der Waals surface area contributed by atoms with Crippen molar-refractivity contribution < 1.29 is 0 Å². The van der Waals surface area contributed by atoms with Crippen LogP contribution in [0.2, 0.25) is 0 Å². The van der Waals surface area contributed by atoms with Crippen molar-refractivity contribution in [1.82, 2.24) is 0 Å². The molecule has 1 aliphatic rings. The summed E-state index contributed by atoms with van der Waals surface area (Å²) >= 11 is 0. The summed E-state index contributed by atoms with van der Waals surface area (Å²) in [4.78, 5) is 0. The third kappa shape index (κ3) is 2.85. The van der Waals surface area contributed by atoms with E-state index in [1.807, 2.05) is 6.08 Å². The van der Waals surface area contributed by atoms with Crippen LogP contribution in [0.25, 0.3) is 12.2 Å². The standard InChI is InChI=1S/C13H14.C3H8/c1-3-11-8-9-12-6-4-5-7-13(12)10(11)2;1-3-2/h3-4,6,8-9H,1,5,7H2,2H3;3H2,1-2H3. The average molecular weight is 214 g/mol. The summed E-state index contributed by atoms with van der Waals surface area (Å²) in [6, 6.07) is 4.34. The molecule has 0 saturated heterocycles. The van der Waals surface area contributed by atoms with Crippen molar-refractivity contribution in [3.8, 4) is 0 Å². The number of rotatable bonds is 1. The molecule has 0 aliphatic heterocycles. The smallest absolute Gasteiger partial charge is 0.0225 e. The van der Waals surface area contributed by atoms with E-state index in [0.29, 0.717) is 0 Å². The van der Waals surface area contributed by atoms with Crippen LogP contribution in [0.15, 0.2) is 24.8 Å². The fraction of sp³-hybridized carbons (Fsp3) is 0.375. The van der Waals surface area contributed by atoms with E-state index in [1.54, 1.807) is 0 Å². The molecule has 0 atom stereocenters. The van der Waals surface area contributed by atoms with Crippen LogP contribution >= 0.6 is 0 Å². The Morgan fingerprint density at radius 1 is 1.31 bits per heavy atom. The predicted octanol–water partition coefficient (Wildman–Crippen LogP) is 5.01. The molecule has 0 heterocycles. The summed E-state index contributed by atoms with van der Waals surface area (Å²) in [6.45, 7) is 10.3. The second-order valence-corrected chi connectivity index (χ2v) is 4.20. The Morgan fingerprint density at radius 3 is 2.62 bits per heavy atom. The second-order valence-electron chi connectivity index (χ2n) is 4.20. The van der Waals surface area contributed by atoms with Crippen molar-refractivity contribution in [3.05, 3.63) is 47.0 Å². The Morgan fingerprint density at radius 2 is 2.00 bits per heavy atom. The van der Waals surface area contributed by atoms with Gasteiger partial charge in [0, 0.05) is 0 Å². The van der Waals surface area contributed by atoms with Crippen LogP contribution in [0, 0.1) is 6.92 Å². The molecule has 0 spiro atoms. The Labute approximate surface area is 99.7 Å². The largest absolute Gasteiger partial charge is 0.0985 e. The maximum Gasteiger partial charge on any atom is -0.0225 e. The molecule has 1 aliphatic carbocycles. The van der Waals surface area contributed by atoms with E-state index < -0.39 is 0 Å². The molecule has 16 heavy (non-hydrogen) atoms. The zero-order valence-electron chi connectivity index (χ0n) is 10.7. The minimum absolute atomic E-state index is 1.18. The molecule has 0 fully saturated rings. The van der Waals surface area contributed by atoms with Gasteiger partial charge in [0.2, 0.25) is 0 Å². The van der Waals surface area contributed by atoms with Crippen LogP contribution in [0.4, 0.5) is 0 Å². The van der Waals surface area contributed by atoms with Gasteiger partial charge in [-0.2, -0.15) is 0 Å². The fourth-order valence-electron chi connectivity index (χ4n) is 1.94. The summed E-state index contributed by atoms with van der Waals surface area (Å²) in [5.74, 6) is 0. The molecule has 86 valence electrons. The number of hydrogen-bond donors (Lipinski definition) is 0. The SMILES string of the molecule is C=Cc1ccc2c(c1C)CCC=C2.CCC. The number of benzene rings is 1. The summed E-state index contributed by atoms with van der Waals surface area (Å²) in [5, 5.41) is 0. The van der Waals surface area contributed by atoms with Crippen molar-refractivity contribution in [1.29, 1.82) is 0 Å². The van der Waals surface area contributed by atoms with E-state index in [0.717, 1.165) is 0 Å². The van der Waals surface area contributed by atoms with Gasteiger partial charge in [-0.05, 0) is 42.0 Å². The molecule has 0 aromatic heterocycles. The van der Waals surface area contributed by atoms with Gasteiger partial charge < -0.3 is 0 Å². The monoisotopic (exact) mass is 214 g/mol. The molecule has 0 unspecified atom stereocenters. The second kappa shape index (κ2) is 6.32. The van der Waals surface area contributed by atoms with Gasteiger partial charge in [0.1, 0.15) is 0 Å². The van der Waals surface area contributed by atoms with Crippen LogP contribution < -0.4 is 0 Å². The third-order valence-corrected chi connectivity index (χ3v) is 2.75. The van der Waals surface area contributed by atoms with Gasteiger partial charge in [0.25, 0.3) is 0 Å². The Bertz CT molecular complexity index is 383. The summed E-state index contributed by atoms with van der Waals surface area (Å²) in [6.07, 6.45) is 10.0. The van der Waals surface area contributed by atoms with Crippen molar-refractivity contribution in [2.24, 2.45) is 0 Å². The maximum absolute atomic E-state index is 3.82. The van der Waals surface area contributed by atoms with Crippen molar-refractivity contribution in [2.45, 2.75) is 40.0 Å². The summed E-state index contributed by atoms with van der Waals surface area (Å²) < 4.78 is 0. The van der Waals surface area contributed by atoms with Gasteiger partial charge in [0.15, 0.2) is 0 Å². The highest BCUT2D eigenvalue weighted by atomic mass is 14.1. The maximum atomic E-state index is 3.82. The number of hydrogen-bond acceptors (Lipinski definition) is 0. The first-order valence-electron chi connectivity index (χ1n) is 6.16. The highest BCUT2D eigenvalue weighted by Crippen LogP contribution is 2.25. The van der Waals surface area contributed by atoms with E-state index in [1.165, 1.54) is 41.5 Å². The topological polar surface area (TPSA) is 0 Å². The molecule has 0 N–H and O–H groups in total. The van der Waals surface area contributed by atoms with Crippen molar-refractivity contribution >= 4 is 12.2 Å². The van der Waals surface area contributed by atoms with Crippen LogP contribution in [0.3, 0.4) is 0 Å². The Hall–Kier alpha value is -1.30. The molecule has 1 aromatic rings. The molecular formula is C16H22. The van der Waals surface area contributed by atoms with E-state index in [9.17, 15) is 0 Å². The highest BCUT2D eigenvalue weighted by Gasteiger charge is 2.08. The molecule has 0 nitrogen and oxygen atoms in total. The van der Waals surface area contributed by atoms with Gasteiger partial charge >= 0.3 is 0 Å². The molecule has 0 heteroatoms. The minimum Gasteiger partial charge on any atom is -0.0985 e. The van der Waals surface area contributed by atoms with Gasteiger partial charge in [-0.15, -0.1) is 0 Å². The summed E-state index contributed by atoms with van der Waals surface area (Å²) in [5.41, 5.74) is 5.56. The summed E-state index contributed by atoms with van der Waals surface area (Å²) in [7, 11) is 0. The third-order valence-electron chi connectivity index (χ3n) is 2.75. The lowest BCUT2D eigenvalue weighted by Gasteiger charge is -2.15. The molecule has 1 aromatic carbocycles. The number of allylic oxidation sites excluding steroid dienone is 1. The van der Waals surface area contributed by atoms with Crippen LogP contribution in [-0.4, -0.2) is 0 Å². The zero-order valence-corrected chi connectivity index (χ0v) is 10.7. The molecule has 0 bridgehead atoms. The van der Waals surface area contributed by atoms with E-state index in [2.05, 4.69) is 51.6 Å². The van der Waals surface area contributed by atoms with E-state index >= 15 is 0 Å². The molecule has 0 saturated carbocycles. The van der Waals surface area contributed by atoms with Gasteiger partial charge in [-0.25, -0.2) is 0 Å². The predicted molar refractivity (Wildman–Crippen MR) is 74.6 cm³/mol.